The first-order chi connectivity index (χ1) is 7.17. The fourth-order valence-corrected chi connectivity index (χ4v) is 0.923. The average molecular weight is 220 g/mol. The van der Waals surface area contributed by atoms with Crippen LogP contribution in [0.4, 0.5) is 0 Å². The molecule has 0 aliphatic heterocycles. The Hall–Kier alpha value is -1.14. The van der Waals surface area contributed by atoms with E-state index in [2.05, 4.69) is 9.47 Å². The summed E-state index contributed by atoms with van der Waals surface area (Å²) in [6.45, 7) is 0.804. The Kier molecular flexibility index (Phi) is 7.57. The van der Waals surface area contributed by atoms with Gasteiger partial charge in [0.1, 0.15) is 13.2 Å². The van der Waals surface area contributed by atoms with Crippen LogP contribution < -0.4 is 0 Å². The number of ether oxygens (including phenoxy) is 2. The van der Waals surface area contributed by atoms with Crippen molar-refractivity contribution >= 4 is 11.9 Å². The number of rotatable bonds is 7. The van der Waals surface area contributed by atoms with Crippen LogP contribution in [0.5, 0.6) is 0 Å². The van der Waals surface area contributed by atoms with E-state index in [1.165, 1.54) is 0 Å². The van der Waals surface area contributed by atoms with Gasteiger partial charge in [0, 0.05) is 0 Å². The van der Waals surface area contributed by atoms with E-state index in [0.29, 0.717) is 0 Å². The van der Waals surface area contributed by atoms with Crippen LogP contribution in [0, 0.1) is 5.92 Å². The molecular weight excluding hydrogens is 204 g/mol. The Morgan fingerprint density at radius 3 is 1.73 bits per heavy atom. The molecule has 0 saturated carbocycles. The highest BCUT2D eigenvalue weighted by atomic mass is 16.6. The zero-order chi connectivity index (χ0) is 11.7. The molecule has 0 heterocycles. The van der Waals surface area contributed by atoms with Crippen molar-refractivity contribution < 1.29 is 29.3 Å². The van der Waals surface area contributed by atoms with Crippen molar-refractivity contribution in [3.63, 3.8) is 0 Å². The van der Waals surface area contributed by atoms with E-state index in [9.17, 15) is 9.59 Å². The lowest BCUT2D eigenvalue weighted by molar-refractivity contribution is -0.163. The fraction of sp³-hybridized carbons (Fsp3) is 0.778. The van der Waals surface area contributed by atoms with Gasteiger partial charge in [0.15, 0.2) is 5.92 Å². The van der Waals surface area contributed by atoms with Crippen LogP contribution in [-0.2, 0) is 19.1 Å². The molecule has 0 bridgehead atoms. The largest absolute Gasteiger partial charge is 0.463 e. The molecule has 0 fully saturated rings. The molecule has 2 N–H and O–H groups in total. The highest BCUT2D eigenvalue weighted by Gasteiger charge is 2.27. The van der Waals surface area contributed by atoms with Crippen molar-refractivity contribution in [1.29, 1.82) is 0 Å². The minimum absolute atomic E-state index is 0.136. The number of aliphatic hydroxyl groups is 2. The van der Waals surface area contributed by atoms with Gasteiger partial charge in [-0.3, -0.25) is 9.59 Å². The highest BCUT2D eigenvalue weighted by Crippen LogP contribution is 2.07. The van der Waals surface area contributed by atoms with E-state index in [-0.39, 0.29) is 32.8 Å². The number of esters is 2. The number of hydrogen-bond donors (Lipinski definition) is 2. The second-order valence-corrected chi connectivity index (χ2v) is 2.74. The van der Waals surface area contributed by atoms with Gasteiger partial charge in [0.05, 0.1) is 13.2 Å². The predicted octanol–water partition coefficient (Wildman–Crippen LogP) is -0.916. The molecule has 0 aromatic carbocycles. The highest BCUT2D eigenvalue weighted by molar-refractivity contribution is 5.94. The smallest absolute Gasteiger partial charge is 0.320 e. The third-order valence-electron chi connectivity index (χ3n) is 1.65. The molecule has 0 aliphatic carbocycles. The molecule has 0 aliphatic rings. The molecule has 0 amide bonds. The van der Waals surface area contributed by atoms with Crippen molar-refractivity contribution in [2.45, 2.75) is 13.3 Å². The van der Waals surface area contributed by atoms with Gasteiger partial charge < -0.3 is 19.7 Å². The summed E-state index contributed by atoms with van der Waals surface area (Å²) >= 11 is 0. The normalized spacial score (nSPS) is 10.1. The predicted molar refractivity (Wildman–Crippen MR) is 49.9 cm³/mol. The summed E-state index contributed by atoms with van der Waals surface area (Å²) in [5.41, 5.74) is 0. The zero-order valence-electron chi connectivity index (χ0n) is 8.64. The quantitative estimate of drug-likeness (QED) is 0.426. The van der Waals surface area contributed by atoms with Crippen LogP contribution >= 0.6 is 0 Å². The van der Waals surface area contributed by atoms with E-state index in [0.717, 1.165) is 0 Å². The molecule has 0 aromatic rings. The second-order valence-electron chi connectivity index (χ2n) is 2.74. The summed E-state index contributed by atoms with van der Waals surface area (Å²) in [6.07, 6.45) is 0.258. The van der Waals surface area contributed by atoms with Crippen molar-refractivity contribution in [2.75, 3.05) is 26.4 Å². The first-order valence-electron chi connectivity index (χ1n) is 4.72. The van der Waals surface area contributed by atoms with Gasteiger partial charge in [0.25, 0.3) is 0 Å². The average Bonchev–Trinajstić information content (AvgIpc) is 2.24. The summed E-state index contributed by atoms with van der Waals surface area (Å²) in [5, 5.41) is 16.8. The number of hydrogen-bond acceptors (Lipinski definition) is 6. The molecular formula is C9H16O6. The third kappa shape index (κ3) is 5.34. The van der Waals surface area contributed by atoms with Crippen molar-refractivity contribution in [3.8, 4) is 0 Å². The minimum Gasteiger partial charge on any atom is -0.463 e. The maximum Gasteiger partial charge on any atom is 0.320 e. The van der Waals surface area contributed by atoms with E-state index < -0.39 is 17.9 Å². The molecule has 88 valence electrons. The number of carbonyl (C=O) groups excluding carboxylic acids is 2. The van der Waals surface area contributed by atoms with Crippen LogP contribution in [0.1, 0.15) is 13.3 Å². The van der Waals surface area contributed by atoms with Gasteiger partial charge in [0.2, 0.25) is 0 Å². The van der Waals surface area contributed by atoms with Crippen LogP contribution in [0.3, 0.4) is 0 Å². The van der Waals surface area contributed by atoms with Crippen LogP contribution in [0.15, 0.2) is 0 Å². The van der Waals surface area contributed by atoms with E-state index in [1.807, 2.05) is 0 Å². The Labute approximate surface area is 87.8 Å². The van der Waals surface area contributed by atoms with Gasteiger partial charge in [-0.15, -0.1) is 0 Å². The van der Waals surface area contributed by atoms with Crippen molar-refractivity contribution in [1.82, 2.24) is 0 Å². The Morgan fingerprint density at radius 1 is 1.07 bits per heavy atom. The van der Waals surface area contributed by atoms with Crippen molar-refractivity contribution in [2.24, 2.45) is 5.92 Å². The van der Waals surface area contributed by atoms with Gasteiger partial charge in [-0.05, 0) is 6.42 Å². The molecule has 0 radical (unpaired) electrons. The topological polar surface area (TPSA) is 93.1 Å². The maximum atomic E-state index is 11.2. The summed E-state index contributed by atoms with van der Waals surface area (Å²) in [5.74, 6) is -2.41. The lowest BCUT2D eigenvalue weighted by Gasteiger charge is -2.12. The molecule has 15 heavy (non-hydrogen) atoms. The van der Waals surface area contributed by atoms with E-state index >= 15 is 0 Å². The minimum atomic E-state index is -0.983. The zero-order valence-corrected chi connectivity index (χ0v) is 8.64. The second kappa shape index (κ2) is 8.19. The van der Waals surface area contributed by atoms with Crippen LogP contribution in [0.25, 0.3) is 0 Å². The van der Waals surface area contributed by atoms with Gasteiger partial charge in [-0.25, -0.2) is 0 Å². The van der Waals surface area contributed by atoms with Gasteiger partial charge in [-0.1, -0.05) is 6.92 Å². The maximum absolute atomic E-state index is 11.2. The standard InChI is InChI=1S/C9H16O6/c1-2-7(8(12)14-5-3-10)9(13)15-6-4-11/h7,10-11H,2-6H2,1H3. The number of aliphatic hydroxyl groups excluding tert-OH is 2. The van der Waals surface area contributed by atoms with Crippen LogP contribution in [0.2, 0.25) is 0 Å². The summed E-state index contributed by atoms with van der Waals surface area (Å²) in [6, 6.07) is 0. The monoisotopic (exact) mass is 220 g/mol. The first kappa shape index (κ1) is 13.9. The van der Waals surface area contributed by atoms with Gasteiger partial charge >= 0.3 is 11.9 Å². The Balaban J connectivity index is 4.09. The molecule has 0 spiro atoms. The first-order valence-corrected chi connectivity index (χ1v) is 4.72. The molecule has 0 rings (SSSR count). The summed E-state index contributed by atoms with van der Waals surface area (Å²) in [4.78, 5) is 22.5. The molecule has 0 atom stereocenters. The van der Waals surface area contributed by atoms with E-state index in [4.69, 9.17) is 10.2 Å². The Morgan fingerprint density at radius 2 is 1.47 bits per heavy atom. The summed E-state index contributed by atoms with van der Waals surface area (Å²) in [7, 11) is 0. The molecule has 6 nitrogen and oxygen atoms in total. The summed E-state index contributed by atoms with van der Waals surface area (Å²) < 4.78 is 9.19. The Bertz CT molecular complexity index is 183. The third-order valence-corrected chi connectivity index (χ3v) is 1.65. The fourth-order valence-electron chi connectivity index (χ4n) is 0.923. The van der Waals surface area contributed by atoms with Crippen LogP contribution in [-0.4, -0.2) is 48.6 Å². The molecule has 0 unspecified atom stereocenters. The van der Waals surface area contributed by atoms with E-state index in [1.54, 1.807) is 6.92 Å². The van der Waals surface area contributed by atoms with Gasteiger partial charge in [-0.2, -0.15) is 0 Å². The van der Waals surface area contributed by atoms with Crippen molar-refractivity contribution in [3.05, 3.63) is 0 Å². The molecule has 0 aromatic heterocycles. The lowest BCUT2D eigenvalue weighted by Crippen LogP contribution is -2.28. The SMILES string of the molecule is CCC(C(=O)OCCO)C(=O)OCCO. The molecule has 6 heteroatoms. The lowest BCUT2D eigenvalue weighted by atomic mass is 10.1. The number of carbonyl (C=O) groups is 2. The molecule has 0 saturated heterocycles.